The smallest absolute Gasteiger partial charge is 0.220 e. The molecule has 1 fully saturated rings. The van der Waals surface area contributed by atoms with Gasteiger partial charge in [-0.3, -0.25) is 4.79 Å². The van der Waals surface area contributed by atoms with E-state index in [9.17, 15) is 9.18 Å². The zero-order chi connectivity index (χ0) is 15.9. The Bertz CT molecular complexity index is 466. The number of nitrogens with one attached hydrogen (secondary N) is 1. The Morgan fingerprint density at radius 2 is 2.09 bits per heavy atom. The standard InChI is InChI=1S/C18H26FNO2/c1-13(2)10-15(14-5-7-16(19)8-6-14)11-18(21)20-12-17-4-3-9-22-17/h5-8,13,15,17H,3-4,9-12H2,1-2H3,(H,20,21). The molecule has 1 saturated heterocycles. The predicted molar refractivity (Wildman–Crippen MR) is 85.2 cm³/mol. The fourth-order valence-corrected chi connectivity index (χ4v) is 2.97. The summed E-state index contributed by atoms with van der Waals surface area (Å²) in [5.74, 6) is 0.423. The van der Waals surface area contributed by atoms with Gasteiger partial charge in [0.05, 0.1) is 6.10 Å². The van der Waals surface area contributed by atoms with Crippen molar-refractivity contribution in [3.05, 3.63) is 35.6 Å². The van der Waals surface area contributed by atoms with Gasteiger partial charge in [-0.05, 0) is 48.8 Å². The van der Waals surface area contributed by atoms with E-state index in [0.29, 0.717) is 18.9 Å². The lowest BCUT2D eigenvalue weighted by atomic mass is 9.87. The molecule has 0 spiro atoms. The fraction of sp³-hybridized carbons (Fsp3) is 0.611. The highest BCUT2D eigenvalue weighted by molar-refractivity contribution is 5.76. The van der Waals surface area contributed by atoms with Crippen molar-refractivity contribution in [3.63, 3.8) is 0 Å². The summed E-state index contributed by atoms with van der Waals surface area (Å²) in [6.45, 7) is 5.67. The van der Waals surface area contributed by atoms with Gasteiger partial charge in [0.15, 0.2) is 0 Å². The average molecular weight is 307 g/mol. The normalized spacial score (nSPS) is 19.4. The molecule has 1 aliphatic rings. The summed E-state index contributed by atoms with van der Waals surface area (Å²) in [5.41, 5.74) is 1.03. The van der Waals surface area contributed by atoms with Crippen LogP contribution in [0.3, 0.4) is 0 Å². The van der Waals surface area contributed by atoms with Crippen LogP contribution in [0.15, 0.2) is 24.3 Å². The van der Waals surface area contributed by atoms with Crippen LogP contribution in [0.2, 0.25) is 0 Å². The van der Waals surface area contributed by atoms with Gasteiger partial charge in [0.2, 0.25) is 5.91 Å². The number of amides is 1. The lowest BCUT2D eigenvalue weighted by Crippen LogP contribution is -2.32. The van der Waals surface area contributed by atoms with Crippen molar-refractivity contribution in [1.29, 1.82) is 0 Å². The molecule has 1 N–H and O–H groups in total. The molecule has 1 aromatic rings. The Morgan fingerprint density at radius 3 is 2.68 bits per heavy atom. The first-order chi connectivity index (χ1) is 10.5. The molecule has 4 heteroatoms. The number of benzene rings is 1. The second kappa shape index (κ2) is 8.28. The monoisotopic (exact) mass is 307 g/mol. The summed E-state index contributed by atoms with van der Waals surface area (Å²) in [6, 6.07) is 6.51. The van der Waals surface area contributed by atoms with Gasteiger partial charge in [0, 0.05) is 19.6 Å². The van der Waals surface area contributed by atoms with Crippen LogP contribution in [0.25, 0.3) is 0 Å². The molecular formula is C18H26FNO2. The Kier molecular flexibility index (Phi) is 6.37. The predicted octanol–water partition coefficient (Wildman–Crippen LogP) is 3.64. The van der Waals surface area contributed by atoms with Crippen molar-refractivity contribution in [2.75, 3.05) is 13.2 Å². The highest BCUT2D eigenvalue weighted by Crippen LogP contribution is 2.27. The Labute approximate surface area is 132 Å². The highest BCUT2D eigenvalue weighted by Gasteiger charge is 2.20. The Morgan fingerprint density at radius 1 is 1.36 bits per heavy atom. The maximum Gasteiger partial charge on any atom is 0.220 e. The van der Waals surface area contributed by atoms with Crippen molar-refractivity contribution in [1.82, 2.24) is 5.32 Å². The zero-order valence-corrected chi connectivity index (χ0v) is 13.5. The molecule has 1 heterocycles. The van der Waals surface area contributed by atoms with E-state index >= 15 is 0 Å². The van der Waals surface area contributed by atoms with Crippen LogP contribution in [0.5, 0.6) is 0 Å². The Balaban J connectivity index is 1.90. The van der Waals surface area contributed by atoms with Crippen molar-refractivity contribution in [2.24, 2.45) is 5.92 Å². The molecule has 1 amide bonds. The molecule has 0 saturated carbocycles. The third-order valence-electron chi connectivity index (χ3n) is 4.08. The first-order valence-electron chi connectivity index (χ1n) is 8.18. The van der Waals surface area contributed by atoms with Gasteiger partial charge in [-0.1, -0.05) is 26.0 Å². The average Bonchev–Trinajstić information content (AvgIpc) is 2.98. The van der Waals surface area contributed by atoms with E-state index in [1.807, 2.05) is 0 Å². The number of hydrogen-bond acceptors (Lipinski definition) is 2. The van der Waals surface area contributed by atoms with Crippen molar-refractivity contribution in [2.45, 2.75) is 51.6 Å². The minimum atomic E-state index is -0.241. The van der Waals surface area contributed by atoms with Gasteiger partial charge in [-0.2, -0.15) is 0 Å². The summed E-state index contributed by atoms with van der Waals surface area (Å²) < 4.78 is 18.6. The minimum Gasteiger partial charge on any atom is -0.376 e. The van der Waals surface area contributed by atoms with Crippen LogP contribution < -0.4 is 5.32 Å². The largest absolute Gasteiger partial charge is 0.376 e. The molecule has 1 aromatic carbocycles. The van der Waals surface area contributed by atoms with Gasteiger partial charge >= 0.3 is 0 Å². The summed E-state index contributed by atoms with van der Waals surface area (Å²) in [6.07, 6.45) is 3.62. The third kappa shape index (κ3) is 5.41. The maximum absolute atomic E-state index is 13.1. The van der Waals surface area contributed by atoms with E-state index < -0.39 is 0 Å². The molecule has 1 aliphatic heterocycles. The van der Waals surface area contributed by atoms with Gasteiger partial charge in [0.25, 0.3) is 0 Å². The molecule has 2 unspecified atom stereocenters. The number of halogens is 1. The molecule has 2 atom stereocenters. The van der Waals surface area contributed by atoms with Crippen LogP contribution in [0.1, 0.15) is 51.0 Å². The molecular weight excluding hydrogens is 281 g/mol. The fourth-order valence-electron chi connectivity index (χ4n) is 2.97. The van der Waals surface area contributed by atoms with Gasteiger partial charge in [-0.25, -0.2) is 4.39 Å². The van der Waals surface area contributed by atoms with E-state index in [2.05, 4.69) is 19.2 Å². The minimum absolute atomic E-state index is 0.0467. The summed E-state index contributed by atoms with van der Waals surface area (Å²) in [4.78, 5) is 12.2. The third-order valence-corrected chi connectivity index (χ3v) is 4.08. The number of carbonyl (C=O) groups excluding carboxylic acids is 1. The SMILES string of the molecule is CC(C)CC(CC(=O)NCC1CCCO1)c1ccc(F)cc1. The lowest BCUT2D eigenvalue weighted by molar-refractivity contribution is -0.122. The molecule has 22 heavy (non-hydrogen) atoms. The molecule has 122 valence electrons. The highest BCUT2D eigenvalue weighted by atomic mass is 19.1. The van der Waals surface area contributed by atoms with E-state index in [4.69, 9.17) is 4.74 Å². The van der Waals surface area contributed by atoms with Crippen LogP contribution in [0.4, 0.5) is 4.39 Å². The molecule has 0 radical (unpaired) electrons. The number of rotatable bonds is 7. The lowest BCUT2D eigenvalue weighted by Gasteiger charge is -2.20. The summed E-state index contributed by atoms with van der Waals surface area (Å²) in [5, 5.41) is 2.97. The van der Waals surface area contributed by atoms with E-state index in [1.165, 1.54) is 12.1 Å². The molecule has 0 bridgehead atoms. The van der Waals surface area contributed by atoms with Crippen LogP contribution >= 0.6 is 0 Å². The van der Waals surface area contributed by atoms with E-state index in [1.54, 1.807) is 12.1 Å². The van der Waals surface area contributed by atoms with E-state index in [-0.39, 0.29) is 23.7 Å². The molecule has 2 rings (SSSR count). The van der Waals surface area contributed by atoms with Gasteiger partial charge in [0.1, 0.15) is 5.82 Å². The first kappa shape index (κ1) is 16.9. The van der Waals surface area contributed by atoms with Crippen LogP contribution in [-0.2, 0) is 9.53 Å². The second-order valence-electron chi connectivity index (χ2n) is 6.52. The molecule has 3 nitrogen and oxygen atoms in total. The van der Waals surface area contributed by atoms with E-state index in [0.717, 1.165) is 31.4 Å². The van der Waals surface area contributed by atoms with Crippen LogP contribution in [0, 0.1) is 11.7 Å². The zero-order valence-electron chi connectivity index (χ0n) is 13.5. The topological polar surface area (TPSA) is 38.3 Å². The second-order valence-corrected chi connectivity index (χ2v) is 6.52. The number of hydrogen-bond donors (Lipinski definition) is 1. The Hall–Kier alpha value is -1.42. The van der Waals surface area contributed by atoms with Crippen molar-refractivity contribution >= 4 is 5.91 Å². The maximum atomic E-state index is 13.1. The van der Waals surface area contributed by atoms with Gasteiger partial charge in [-0.15, -0.1) is 0 Å². The first-order valence-corrected chi connectivity index (χ1v) is 8.18. The quantitative estimate of drug-likeness (QED) is 0.835. The summed E-state index contributed by atoms with van der Waals surface area (Å²) in [7, 11) is 0. The summed E-state index contributed by atoms with van der Waals surface area (Å²) >= 11 is 0. The van der Waals surface area contributed by atoms with Crippen molar-refractivity contribution < 1.29 is 13.9 Å². The van der Waals surface area contributed by atoms with Crippen LogP contribution in [-0.4, -0.2) is 25.2 Å². The molecule has 0 aliphatic carbocycles. The molecule has 0 aromatic heterocycles. The number of ether oxygens (including phenoxy) is 1. The number of carbonyl (C=O) groups is 1. The van der Waals surface area contributed by atoms with Crippen molar-refractivity contribution in [3.8, 4) is 0 Å². The van der Waals surface area contributed by atoms with Gasteiger partial charge < -0.3 is 10.1 Å².